The Balaban J connectivity index is 2.35. The zero-order valence-corrected chi connectivity index (χ0v) is 8.10. The van der Waals surface area contributed by atoms with Crippen molar-refractivity contribution in [3.8, 4) is 0 Å². The Bertz CT molecular complexity index is 449. The SMILES string of the molecule is NNC(=O)C1=CC=Nc2ccccc2C1. The molecule has 0 unspecified atom stereocenters. The Morgan fingerprint density at radius 3 is 3.00 bits per heavy atom. The van der Waals surface area contributed by atoms with Crippen LogP contribution in [-0.4, -0.2) is 12.1 Å². The zero-order chi connectivity index (χ0) is 10.7. The lowest BCUT2D eigenvalue weighted by Gasteiger charge is -2.05. The Labute approximate surface area is 87.5 Å². The summed E-state index contributed by atoms with van der Waals surface area (Å²) in [6, 6.07) is 7.72. The maximum Gasteiger partial charge on any atom is 0.261 e. The molecule has 4 nitrogen and oxygen atoms in total. The highest BCUT2D eigenvalue weighted by Crippen LogP contribution is 2.23. The van der Waals surface area contributed by atoms with Crippen LogP contribution in [0.1, 0.15) is 5.56 Å². The minimum atomic E-state index is -0.266. The maximum absolute atomic E-state index is 11.4. The molecule has 76 valence electrons. The molecule has 15 heavy (non-hydrogen) atoms. The first-order valence-electron chi connectivity index (χ1n) is 4.63. The molecule has 1 amide bonds. The van der Waals surface area contributed by atoms with Gasteiger partial charge in [-0.15, -0.1) is 0 Å². The van der Waals surface area contributed by atoms with Crippen LogP contribution in [0.15, 0.2) is 40.9 Å². The summed E-state index contributed by atoms with van der Waals surface area (Å²) in [5.74, 6) is 4.82. The number of amides is 1. The molecular formula is C11H11N3O. The highest BCUT2D eigenvalue weighted by atomic mass is 16.2. The van der Waals surface area contributed by atoms with Crippen molar-refractivity contribution in [2.24, 2.45) is 10.8 Å². The summed E-state index contributed by atoms with van der Waals surface area (Å²) >= 11 is 0. The second kappa shape index (κ2) is 4.06. The van der Waals surface area contributed by atoms with Gasteiger partial charge in [-0.25, -0.2) is 5.84 Å². The fourth-order valence-corrected chi connectivity index (χ4v) is 1.51. The van der Waals surface area contributed by atoms with Crippen LogP contribution in [0.2, 0.25) is 0 Å². The number of hydrazine groups is 1. The molecular weight excluding hydrogens is 190 g/mol. The van der Waals surface area contributed by atoms with E-state index in [-0.39, 0.29) is 5.91 Å². The number of benzene rings is 1. The molecule has 2 rings (SSSR count). The summed E-state index contributed by atoms with van der Waals surface area (Å²) in [5.41, 5.74) is 4.67. The van der Waals surface area contributed by atoms with E-state index in [9.17, 15) is 4.79 Å². The highest BCUT2D eigenvalue weighted by Gasteiger charge is 2.12. The molecule has 0 atom stereocenters. The predicted molar refractivity (Wildman–Crippen MR) is 58.7 cm³/mol. The third kappa shape index (κ3) is 1.94. The largest absolute Gasteiger partial charge is 0.290 e. The smallest absolute Gasteiger partial charge is 0.261 e. The number of hydrogen-bond donors (Lipinski definition) is 2. The summed E-state index contributed by atoms with van der Waals surface area (Å²) in [6.07, 6.45) is 3.86. The molecule has 1 heterocycles. The van der Waals surface area contributed by atoms with Crippen molar-refractivity contribution in [1.29, 1.82) is 0 Å². The number of nitrogens with one attached hydrogen (secondary N) is 1. The quantitative estimate of drug-likeness (QED) is 0.402. The van der Waals surface area contributed by atoms with Gasteiger partial charge in [-0.2, -0.15) is 0 Å². The first-order valence-corrected chi connectivity index (χ1v) is 4.63. The van der Waals surface area contributed by atoms with E-state index in [0.717, 1.165) is 11.3 Å². The summed E-state index contributed by atoms with van der Waals surface area (Å²) < 4.78 is 0. The van der Waals surface area contributed by atoms with Crippen LogP contribution in [0.5, 0.6) is 0 Å². The lowest BCUT2D eigenvalue weighted by atomic mass is 10.0. The van der Waals surface area contributed by atoms with Crippen molar-refractivity contribution in [2.45, 2.75) is 6.42 Å². The highest BCUT2D eigenvalue weighted by molar-refractivity contribution is 5.98. The van der Waals surface area contributed by atoms with Gasteiger partial charge in [-0.05, 0) is 17.7 Å². The van der Waals surface area contributed by atoms with Crippen molar-refractivity contribution in [3.05, 3.63) is 41.5 Å². The van der Waals surface area contributed by atoms with E-state index in [2.05, 4.69) is 10.4 Å². The topological polar surface area (TPSA) is 67.5 Å². The number of hydrogen-bond acceptors (Lipinski definition) is 3. The molecule has 0 aliphatic carbocycles. The van der Waals surface area contributed by atoms with E-state index < -0.39 is 0 Å². The number of nitrogens with zero attached hydrogens (tertiary/aromatic N) is 1. The number of para-hydroxylation sites is 1. The van der Waals surface area contributed by atoms with Crippen molar-refractivity contribution in [1.82, 2.24) is 5.43 Å². The minimum absolute atomic E-state index is 0.266. The van der Waals surface area contributed by atoms with Gasteiger partial charge in [-0.1, -0.05) is 18.2 Å². The van der Waals surface area contributed by atoms with Crippen molar-refractivity contribution < 1.29 is 4.79 Å². The molecule has 1 aromatic rings. The second-order valence-electron chi connectivity index (χ2n) is 3.25. The van der Waals surface area contributed by atoms with E-state index >= 15 is 0 Å². The van der Waals surface area contributed by atoms with Gasteiger partial charge in [0.1, 0.15) is 0 Å². The van der Waals surface area contributed by atoms with E-state index in [1.807, 2.05) is 24.3 Å². The molecule has 0 fully saturated rings. The summed E-state index contributed by atoms with van der Waals surface area (Å²) in [7, 11) is 0. The first kappa shape index (κ1) is 9.61. The second-order valence-corrected chi connectivity index (χ2v) is 3.25. The number of nitrogens with two attached hydrogens (primary N) is 1. The lowest BCUT2D eigenvalue weighted by molar-refractivity contribution is -0.117. The van der Waals surface area contributed by atoms with E-state index in [1.54, 1.807) is 12.3 Å². The maximum atomic E-state index is 11.4. The Morgan fingerprint density at radius 2 is 2.20 bits per heavy atom. The number of carbonyl (C=O) groups excluding carboxylic acids is 1. The van der Waals surface area contributed by atoms with E-state index in [1.165, 1.54) is 0 Å². The molecule has 0 saturated carbocycles. The summed E-state index contributed by atoms with van der Waals surface area (Å²) in [4.78, 5) is 15.6. The van der Waals surface area contributed by atoms with Gasteiger partial charge in [0.15, 0.2) is 0 Å². The van der Waals surface area contributed by atoms with Crippen molar-refractivity contribution in [3.63, 3.8) is 0 Å². The minimum Gasteiger partial charge on any atom is -0.290 e. The van der Waals surface area contributed by atoms with Crippen LogP contribution < -0.4 is 11.3 Å². The zero-order valence-electron chi connectivity index (χ0n) is 8.10. The van der Waals surface area contributed by atoms with Gasteiger partial charge in [0, 0.05) is 18.2 Å². The number of allylic oxidation sites excluding steroid dienone is 1. The third-order valence-corrected chi connectivity index (χ3v) is 2.28. The monoisotopic (exact) mass is 201 g/mol. The number of carbonyl (C=O) groups is 1. The number of rotatable bonds is 1. The van der Waals surface area contributed by atoms with Gasteiger partial charge in [0.25, 0.3) is 5.91 Å². The molecule has 0 aromatic heterocycles. The van der Waals surface area contributed by atoms with E-state index in [0.29, 0.717) is 12.0 Å². The molecule has 3 N–H and O–H groups in total. The number of aliphatic imine (C=N–C) groups is 1. The molecule has 1 aliphatic heterocycles. The molecule has 0 bridgehead atoms. The van der Waals surface area contributed by atoms with E-state index in [4.69, 9.17) is 5.84 Å². The Morgan fingerprint density at radius 1 is 1.40 bits per heavy atom. The average molecular weight is 201 g/mol. The van der Waals surface area contributed by atoms with Crippen molar-refractivity contribution >= 4 is 17.8 Å². The fourth-order valence-electron chi connectivity index (χ4n) is 1.51. The molecule has 0 spiro atoms. The molecule has 0 saturated heterocycles. The molecule has 1 aromatic carbocycles. The van der Waals surface area contributed by atoms with Crippen LogP contribution in [0.3, 0.4) is 0 Å². The molecule has 1 aliphatic rings. The van der Waals surface area contributed by atoms with Gasteiger partial charge in [0.05, 0.1) is 5.69 Å². The van der Waals surface area contributed by atoms with Crippen LogP contribution in [0.4, 0.5) is 5.69 Å². The summed E-state index contributed by atoms with van der Waals surface area (Å²) in [6.45, 7) is 0. The fraction of sp³-hybridized carbons (Fsp3) is 0.0909. The standard InChI is InChI=1S/C11H11N3O/c12-14-11(15)9-5-6-13-10-4-2-1-3-8(10)7-9/h1-6H,7,12H2,(H,14,15). The normalized spacial score (nSPS) is 13.8. The third-order valence-electron chi connectivity index (χ3n) is 2.28. The van der Waals surface area contributed by atoms with Gasteiger partial charge < -0.3 is 0 Å². The summed E-state index contributed by atoms with van der Waals surface area (Å²) in [5, 5.41) is 0. The average Bonchev–Trinajstić information content (AvgIpc) is 2.49. The van der Waals surface area contributed by atoms with Crippen molar-refractivity contribution in [2.75, 3.05) is 0 Å². The van der Waals surface area contributed by atoms with Gasteiger partial charge in [0.2, 0.25) is 0 Å². The lowest BCUT2D eigenvalue weighted by Crippen LogP contribution is -2.32. The van der Waals surface area contributed by atoms with Crippen LogP contribution in [0.25, 0.3) is 0 Å². The van der Waals surface area contributed by atoms with Crippen LogP contribution in [-0.2, 0) is 11.2 Å². The van der Waals surface area contributed by atoms with Crippen LogP contribution >= 0.6 is 0 Å². The molecule has 0 radical (unpaired) electrons. The Hall–Kier alpha value is -1.94. The van der Waals surface area contributed by atoms with Gasteiger partial charge in [-0.3, -0.25) is 15.2 Å². The van der Waals surface area contributed by atoms with Gasteiger partial charge >= 0.3 is 0 Å². The molecule has 4 heteroatoms. The van der Waals surface area contributed by atoms with Crippen LogP contribution in [0, 0.1) is 0 Å². The Kier molecular flexibility index (Phi) is 2.60. The predicted octanol–water partition coefficient (Wildman–Crippen LogP) is 0.861. The first-order chi connectivity index (χ1) is 7.31. The number of fused-ring (bicyclic) bond motifs is 1.